The molecular formula is C10H17NO. The molecule has 2 rings (SSSR count). The van der Waals surface area contributed by atoms with E-state index in [0.717, 1.165) is 24.9 Å². The van der Waals surface area contributed by atoms with E-state index in [1.165, 1.54) is 25.7 Å². The highest BCUT2D eigenvalue weighted by molar-refractivity contribution is 5.73. The highest BCUT2D eigenvalue weighted by atomic mass is 16.2. The van der Waals surface area contributed by atoms with Crippen LogP contribution in [-0.4, -0.2) is 23.9 Å². The Balaban J connectivity index is 1.98. The standard InChI is InChI=1S/C10H17NO/c1-8(12)11-6-9-4-2-3-5-10(9)7-11/h9-10H,2-7H2,1H3/t9-,10-/m0/s1. The zero-order chi connectivity index (χ0) is 8.55. The summed E-state index contributed by atoms with van der Waals surface area (Å²) < 4.78 is 0. The second-order valence-electron chi connectivity index (χ2n) is 4.23. The molecule has 2 fully saturated rings. The number of likely N-dealkylation sites (tertiary alicyclic amines) is 1. The number of fused-ring (bicyclic) bond motifs is 1. The molecule has 0 unspecified atom stereocenters. The first-order chi connectivity index (χ1) is 5.77. The van der Waals surface area contributed by atoms with Crippen molar-refractivity contribution < 1.29 is 4.79 Å². The lowest BCUT2D eigenvalue weighted by Crippen LogP contribution is -2.25. The van der Waals surface area contributed by atoms with Gasteiger partial charge in [0.05, 0.1) is 0 Å². The molecule has 0 radical (unpaired) electrons. The summed E-state index contributed by atoms with van der Waals surface area (Å²) >= 11 is 0. The second-order valence-corrected chi connectivity index (χ2v) is 4.23. The number of hydrogen-bond donors (Lipinski definition) is 0. The molecule has 68 valence electrons. The summed E-state index contributed by atoms with van der Waals surface area (Å²) in [6, 6.07) is 0. The lowest BCUT2D eigenvalue weighted by molar-refractivity contribution is -0.128. The van der Waals surface area contributed by atoms with Gasteiger partial charge in [-0.25, -0.2) is 0 Å². The van der Waals surface area contributed by atoms with Gasteiger partial charge in [0.1, 0.15) is 0 Å². The molecule has 2 nitrogen and oxygen atoms in total. The van der Waals surface area contributed by atoms with E-state index in [4.69, 9.17) is 0 Å². The fraction of sp³-hybridized carbons (Fsp3) is 0.900. The van der Waals surface area contributed by atoms with Crippen LogP contribution in [0.15, 0.2) is 0 Å². The molecule has 0 spiro atoms. The highest BCUT2D eigenvalue weighted by Gasteiger charge is 2.34. The van der Waals surface area contributed by atoms with Crippen molar-refractivity contribution in [3.8, 4) is 0 Å². The molecule has 12 heavy (non-hydrogen) atoms. The Hall–Kier alpha value is -0.530. The molecule has 1 saturated carbocycles. The monoisotopic (exact) mass is 167 g/mol. The third-order valence-electron chi connectivity index (χ3n) is 3.42. The Labute approximate surface area is 73.9 Å². The van der Waals surface area contributed by atoms with Gasteiger partial charge in [0.25, 0.3) is 0 Å². The Morgan fingerprint density at radius 3 is 2.08 bits per heavy atom. The van der Waals surface area contributed by atoms with Crippen LogP contribution in [0.1, 0.15) is 32.6 Å². The third-order valence-corrected chi connectivity index (χ3v) is 3.42. The van der Waals surface area contributed by atoms with Gasteiger partial charge >= 0.3 is 0 Å². The number of nitrogens with zero attached hydrogens (tertiary/aromatic N) is 1. The summed E-state index contributed by atoms with van der Waals surface area (Å²) in [6.07, 6.45) is 5.47. The predicted octanol–water partition coefficient (Wildman–Crippen LogP) is 1.65. The van der Waals surface area contributed by atoms with Crippen molar-refractivity contribution in [2.75, 3.05) is 13.1 Å². The third kappa shape index (κ3) is 1.35. The number of hydrogen-bond acceptors (Lipinski definition) is 1. The van der Waals surface area contributed by atoms with Gasteiger partial charge < -0.3 is 4.90 Å². The van der Waals surface area contributed by atoms with Crippen molar-refractivity contribution in [2.45, 2.75) is 32.6 Å². The fourth-order valence-electron chi connectivity index (χ4n) is 2.66. The van der Waals surface area contributed by atoms with Crippen LogP contribution in [0.4, 0.5) is 0 Å². The number of rotatable bonds is 0. The van der Waals surface area contributed by atoms with Gasteiger partial charge in [0.2, 0.25) is 5.91 Å². The maximum Gasteiger partial charge on any atom is 0.219 e. The van der Waals surface area contributed by atoms with E-state index in [0.29, 0.717) is 0 Å². The van der Waals surface area contributed by atoms with Crippen molar-refractivity contribution in [3.63, 3.8) is 0 Å². The summed E-state index contributed by atoms with van der Waals surface area (Å²) in [5.41, 5.74) is 0. The van der Waals surface area contributed by atoms with Crippen molar-refractivity contribution in [3.05, 3.63) is 0 Å². The predicted molar refractivity (Wildman–Crippen MR) is 47.7 cm³/mol. The molecule has 1 aliphatic carbocycles. The van der Waals surface area contributed by atoms with Crippen LogP contribution in [0.25, 0.3) is 0 Å². The molecule has 0 aromatic carbocycles. The quantitative estimate of drug-likeness (QED) is 0.537. The Morgan fingerprint density at radius 2 is 1.67 bits per heavy atom. The average Bonchev–Trinajstić information content (AvgIpc) is 2.46. The van der Waals surface area contributed by atoms with Gasteiger partial charge in [-0.1, -0.05) is 12.8 Å². The molecule has 0 bridgehead atoms. The number of carbonyl (C=O) groups excluding carboxylic acids is 1. The number of carbonyl (C=O) groups is 1. The molecule has 2 heteroatoms. The first kappa shape index (κ1) is 8.09. The summed E-state index contributed by atoms with van der Waals surface area (Å²) in [5.74, 6) is 1.94. The van der Waals surface area contributed by atoms with E-state index in [2.05, 4.69) is 0 Å². The van der Waals surface area contributed by atoms with Crippen LogP contribution in [0.3, 0.4) is 0 Å². The molecule has 0 N–H and O–H groups in total. The van der Waals surface area contributed by atoms with Crippen LogP contribution in [0.5, 0.6) is 0 Å². The first-order valence-electron chi connectivity index (χ1n) is 5.03. The van der Waals surface area contributed by atoms with Crippen molar-refractivity contribution in [2.24, 2.45) is 11.8 Å². The normalized spacial score (nSPS) is 34.9. The molecule has 0 aromatic heterocycles. The smallest absolute Gasteiger partial charge is 0.219 e. The Morgan fingerprint density at radius 1 is 1.17 bits per heavy atom. The molecule has 1 amide bonds. The number of amides is 1. The molecule has 1 heterocycles. The lowest BCUT2D eigenvalue weighted by atomic mass is 9.82. The van der Waals surface area contributed by atoms with Crippen LogP contribution < -0.4 is 0 Å². The molecule has 0 aromatic rings. The first-order valence-corrected chi connectivity index (χ1v) is 5.03. The van der Waals surface area contributed by atoms with Crippen molar-refractivity contribution >= 4 is 5.91 Å². The summed E-state index contributed by atoms with van der Waals surface area (Å²) in [5, 5.41) is 0. The highest BCUT2D eigenvalue weighted by Crippen LogP contribution is 2.35. The minimum absolute atomic E-state index is 0.268. The minimum atomic E-state index is 0.268. The van der Waals surface area contributed by atoms with E-state index in [1.54, 1.807) is 6.92 Å². The molecule has 1 saturated heterocycles. The summed E-state index contributed by atoms with van der Waals surface area (Å²) in [4.78, 5) is 13.1. The zero-order valence-corrected chi connectivity index (χ0v) is 7.75. The zero-order valence-electron chi connectivity index (χ0n) is 7.75. The maximum atomic E-state index is 11.1. The molecular weight excluding hydrogens is 150 g/mol. The van der Waals surface area contributed by atoms with Gasteiger partial charge in [0, 0.05) is 20.0 Å². The van der Waals surface area contributed by atoms with Gasteiger partial charge in [-0.15, -0.1) is 0 Å². The Bertz CT molecular complexity index is 176. The van der Waals surface area contributed by atoms with Gasteiger partial charge in [-0.3, -0.25) is 4.79 Å². The maximum absolute atomic E-state index is 11.1. The van der Waals surface area contributed by atoms with E-state index in [1.807, 2.05) is 4.90 Å². The van der Waals surface area contributed by atoms with E-state index in [-0.39, 0.29) is 5.91 Å². The van der Waals surface area contributed by atoms with Gasteiger partial charge in [-0.2, -0.15) is 0 Å². The fourth-order valence-corrected chi connectivity index (χ4v) is 2.66. The van der Waals surface area contributed by atoms with Crippen molar-refractivity contribution in [1.82, 2.24) is 4.90 Å². The lowest BCUT2D eigenvalue weighted by Gasteiger charge is -2.22. The van der Waals surface area contributed by atoms with E-state index < -0.39 is 0 Å². The molecule has 2 atom stereocenters. The van der Waals surface area contributed by atoms with Gasteiger partial charge in [0.15, 0.2) is 0 Å². The van der Waals surface area contributed by atoms with Crippen molar-refractivity contribution in [1.29, 1.82) is 0 Å². The molecule has 2 aliphatic rings. The minimum Gasteiger partial charge on any atom is -0.342 e. The summed E-state index contributed by atoms with van der Waals surface area (Å²) in [7, 11) is 0. The van der Waals surface area contributed by atoms with Crippen LogP contribution >= 0.6 is 0 Å². The average molecular weight is 167 g/mol. The topological polar surface area (TPSA) is 20.3 Å². The largest absolute Gasteiger partial charge is 0.342 e. The second kappa shape index (κ2) is 3.08. The van der Waals surface area contributed by atoms with Crippen LogP contribution in [0, 0.1) is 11.8 Å². The summed E-state index contributed by atoms with van der Waals surface area (Å²) in [6.45, 7) is 3.78. The van der Waals surface area contributed by atoms with E-state index >= 15 is 0 Å². The van der Waals surface area contributed by atoms with Crippen LogP contribution in [-0.2, 0) is 4.79 Å². The molecule has 1 aliphatic heterocycles. The Kier molecular flexibility index (Phi) is 2.07. The SMILES string of the molecule is CC(=O)N1C[C@@H]2CCCC[C@H]2C1. The van der Waals surface area contributed by atoms with E-state index in [9.17, 15) is 4.79 Å². The van der Waals surface area contributed by atoms with Crippen LogP contribution in [0.2, 0.25) is 0 Å². The van der Waals surface area contributed by atoms with Gasteiger partial charge in [-0.05, 0) is 24.7 Å².